The zero-order chi connectivity index (χ0) is 20.2. The number of aliphatic hydroxyl groups excluding tert-OH is 1. The molecular formula is C20H25FN2O5. The summed E-state index contributed by atoms with van der Waals surface area (Å²) in [6.07, 6.45) is -1.18. The Balaban J connectivity index is 1.40. The summed E-state index contributed by atoms with van der Waals surface area (Å²) in [4.78, 5) is 27.3. The number of cyclic esters (lactones) is 1. The third-order valence-corrected chi connectivity index (χ3v) is 5.53. The second kappa shape index (κ2) is 6.62. The van der Waals surface area contributed by atoms with Crippen molar-refractivity contribution in [2.75, 3.05) is 36.0 Å². The highest BCUT2D eigenvalue weighted by Crippen LogP contribution is 2.53. The van der Waals surface area contributed by atoms with E-state index in [0.29, 0.717) is 24.5 Å². The van der Waals surface area contributed by atoms with Crippen LogP contribution in [-0.4, -0.2) is 55.1 Å². The van der Waals surface area contributed by atoms with Crippen molar-refractivity contribution in [3.05, 3.63) is 24.0 Å². The number of nitrogens with zero attached hydrogens (tertiary/aromatic N) is 2. The van der Waals surface area contributed by atoms with Gasteiger partial charge in [-0.15, -0.1) is 0 Å². The Hall–Kier alpha value is -2.35. The van der Waals surface area contributed by atoms with Gasteiger partial charge in [-0.2, -0.15) is 0 Å². The molecule has 1 aromatic rings. The molecule has 4 atom stereocenters. The first-order chi connectivity index (χ1) is 13.2. The monoisotopic (exact) mass is 392 g/mol. The Kier molecular flexibility index (Phi) is 4.49. The quantitative estimate of drug-likeness (QED) is 0.792. The number of fused-ring (bicyclic) bond motifs is 1. The molecule has 1 saturated carbocycles. The lowest BCUT2D eigenvalue weighted by Crippen LogP contribution is -2.31. The first-order valence-corrected chi connectivity index (χ1v) is 9.54. The van der Waals surface area contributed by atoms with E-state index in [1.54, 1.807) is 12.1 Å². The van der Waals surface area contributed by atoms with Crippen LogP contribution >= 0.6 is 0 Å². The van der Waals surface area contributed by atoms with Crippen molar-refractivity contribution in [3.8, 4) is 0 Å². The van der Waals surface area contributed by atoms with E-state index in [2.05, 4.69) is 0 Å². The molecule has 7 nitrogen and oxygen atoms in total. The van der Waals surface area contributed by atoms with Gasteiger partial charge in [0.05, 0.1) is 30.4 Å². The average Bonchev–Trinajstić information content (AvgIpc) is 2.94. The molecular weight excluding hydrogens is 367 g/mol. The summed E-state index contributed by atoms with van der Waals surface area (Å²) in [5.41, 5.74) is 0.366. The van der Waals surface area contributed by atoms with Crippen LogP contribution in [0, 0.1) is 23.6 Å². The normalized spacial score (nSPS) is 29.0. The van der Waals surface area contributed by atoms with Gasteiger partial charge in [0.2, 0.25) is 0 Å². The number of rotatable bonds is 4. The number of anilines is 2. The Bertz CT molecular complexity index is 796. The smallest absolute Gasteiger partial charge is 0.414 e. The van der Waals surface area contributed by atoms with Crippen LogP contribution in [-0.2, 0) is 14.3 Å². The molecule has 0 bridgehead atoms. The highest BCUT2D eigenvalue weighted by molar-refractivity contribution is 5.90. The molecule has 2 aliphatic heterocycles. The number of piperidine rings is 1. The lowest BCUT2D eigenvalue weighted by molar-refractivity contribution is -0.157. The van der Waals surface area contributed by atoms with Gasteiger partial charge in [-0.1, -0.05) is 0 Å². The van der Waals surface area contributed by atoms with Crippen molar-refractivity contribution in [1.29, 1.82) is 0 Å². The van der Waals surface area contributed by atoms with E-state index in [-0.39, 0.29) is 36.9 Å². The second-order valence-corrected chi connectivity index (χ2v) is 8.73. The minimum Gasteiger partial charge on any atom is -0.460 e. The third kappa shape index (κ3) is 3.41. The second-order valence-electron chi connectivity index (χ2n) is 8.73. The van der Waals surface area contributed by atoms with Crippen LogP contribution in [0.25, 0.3) is 0 Å². The number of hydrogen-bond donors (Lipinski definition) is 1. The number of aliphatic hydroxyl groups is 1. The number of halogens is 1. The molecule has 2 saturated heterocycles. The Morgan fingerprint density at radius 2 is 1.96 bits per heavy atom. The van der Waals surface area contributed by atoms with Crippen LogP contribution < -0.4 is 9.80 Å². The lowest BCUT2D eigenvalue weighted by atomic mass is 10.1. The largest absolute Gasteiger partial charge is 0.460 e. The molecule has 3 aliphatic rings. The predicted molar refractivity (Wildman–Crippen MR) is 99.6 cm³/mol. The zero-order valence-electron chi connectivity index (χ0n) is 16.2. The number of hydrogen-bond acceptors (Lipinski definition) is 6. The van der Waals surface area contributed by atoms with Crippen LogP contribution in [0.15, 0.2) is 18.2 Å². The summed E-state index contributed by atoms with van der Waals surface area (Å²) in [5.74, 6) is -0.273. The van der Waals surface area contributed by atoms with E-state index in [0.717, 1.165) is 0 Å². The maximum absolute atomic E-state index is 14.7. The van der Waals surface area contributed by atoms with Crippen molar-refractivity contribution in [3.63, 3.8) is 0 Å². The molecule has 1 aliphatic carbocycles. The molecule has 4 rings (SSSR count). The van der Waals surface area contributed by atoms with Crippen LogP contribution in [0.4, 0.5) is 20.6 Å². The number of esters is 1. The summed E-state index contributed by atoms with van der Waals surface area (Å²) in [5, 5.41) is 9.12. The van der Waals surface area contributed by atoms with Gasteiger partial charge in [-0.3, -0.25) is 9.69 Å². The van der Waals surface area contributed by atoms with Crippen molar-refractivity contribution < 1.29 is 28.6 Å². The molecule has 2 heterocycles. The van der Waals surface area contributed by atoms with Crippen LogP contribution in [0.1, 0.15) is 20.8 Å². The minimum absolute atomic E-state index is 0.0902. The highest BCUT2D eigenvalue weighted by Gasteiger charge is 2.61. The summed E-state index contributed by atoms with van der Waals surface area (Å²) in [6.45, 7) is 6.71. The number of carbonyl (C=O) groups excluding carboxylic acids is 2. The van der Waals surface area contributed by atoms with Crippen LogP contribution in [0.2, 0.25) is 0 Å². The molecule has 1 aromatic carbocycles. The van der Waals surface area contributed by atoms with Crippen LogP contribution in [0.3, 0.4) is 0 Å². The maximum atomic E-state index is 14.7. The van der Waals surface area contributed by atoms with Crippen molar-refractivity contribution >= 4 is 23.4 Å². The molecule has 28 heavy (non-hydrogen) atoms. The molecule has 1 amide bonds. The van der Waals surface area contributed by atoms with E-state index < -0.39 is 23.6 Å². The summed E-state index contributed by atoms with van der Waals surface area (Å²) < 4.78 is 25.2. The molecule has 0 aromatic heterocycles. The first-order valence-electron chi connectivity index (χ1n) is 9.54. The van der Waals surface area contributed by atoms with Gasteiger partial charge in [-0.25, -0.2) is 9.18 Å². The Morgan fingerprint density at radius 1 is 1.29 bits per heavy atom. The topological polar surface area (TPSA) is 79.3 Å². The number of ether oxygens (including phenoxy) is 2. The summed E-state index contributed by atoms with van der Waals surface area (Å²) >= 11 is 0. The Labute approximate surface area is 163 Å². The van der Waals surface area contributed by atoms with E-state index in [4.69, 9.17) is 14.6 Å². The fourth-order valence-electron chi connectivity index (χ4n) is 4.19. The van der Waals surface area contributed by atoms with E-state index in [1.807, 2.05) is 25.7 Å². The first kappa shape index (κ1) is 19.0. The molecule has 0 radical (unpaired) electrons. The van der Waals surface area contributed by atoms with Gasteiger partial charge in [0.15, 0.2) is 0 Å². The van der Waals surface area contributed by atoms with Crippen molar-refractivity contribution in [2.45, 2.75) is 32.5 Å². The number of benzene rings is 1. The van der Waals surface area contributed by atoms with Crippen molar-refractivity contribution in [2.24, 2.45) is 17.8 Å². The minimum atomic E-state index is -0.592. The highest BCUT2D eigenvalue weighted by atomic mass is 19.1. The molecule has 3 fully saturated rings. The fourth-order valence-corrected chi connectivity index (χ4v) is 4.19. The van der Waals surface area contributed by atoms with E-state index in [1.165, 1.54) is 11.0 Å². The molecule has 0 spiro atoms. The zero-order valence-corrected chi connectivity index (χ0v) is 16.2. The fraction of sp³-hybridized carbons (Fsp3) is 0.600. The van der Waals surface area contributed by atoms with Gasteiger partial charge in [0, 0.05) is 13.1 Å². The molecule has 8 heteroatoms. The van der Waals surface area contributed by atoms with E-state index >= 15 is 0 Å². The SMILES string of the molecule is CC(C)(C)OC(=O)C1[C@H]2CN(c3ccc(N4C[C@H](CO)OC4=O)cc3F)C[C@@H]12. The molecule has 152 valence electrons. The summed E-state index contributed by atoms with van der Waals surface area (Å²) in [7, 11) is 0. The van der Waals surface area contributed by atoms with E-state index in [9.17, 15) is 14.0 Å². The van der Waals surface area contributed by atoms with Gasteiger partial charge in [-0.05, 0) is 50.8 Å². The average molecular weight is 392 g/mol. The standard InChI is InChI=1S/C20H25FN2O5/c1-20(2,3)28-18(25)17-13-8-22(9-14(13)17)16-5-4-11(6-15(16)21)23-7-12(10-24)27-19(23)26/h4-6,12-14,17,24H,7-10H2,1-3H3/t12-,13-,14+,17?/m1/s1. The van der Waals surface area contributed by atoms with Gasteiger partial charge in [0.1, 0.15) is 17.5 Å². The van der Waals surface area contributed by atoms with Gasteiger partial charge < -0.3 is 19.5 Å². The number of carbonyl (C=O) groups is 2. The maximum Gasteiger partial charge on any atom is 0.414 e. The third-order valence-electron chi connectivity index (χ3n) is 5.53. The van der Waals surface area contributed by atoms with Gasteiger partial charge in [0.25, 0.3) is 0 Å². The predicted octanol–water partition coefficient (Wildman–Crippen LogP) is 2.17. The number of amides is 1. The summed E-state index contributed by atoms with van der Waals surface area (Å²) in [6, 6.07) is 4.64. The Morgan fingerprint density at radius 3 is 2.50 bits per heavy atom. The van der Waals surface area contributed by atoms with Gasteiger partial charge >= 0.3 is 12.1 Å². The lowest BCUT2D eigenvalue weighted by Gasteiger charge is -2.25. The van der Waals surface area contributed by atoms with Crippen LogP contribution in [0.5, 0.6) is 0 Å². The molecule has 1 N–H and O–H groups in total. The van der Waals surface area contributed by atoms with Crippen molar-refractivity contribution in [1.82, 2.24) is 0 Å². The molecule has 1 unspecified atom stereocenters.